The van der Waals surface area contributed by atoms with E-state index in [1.807, 2.05) is 32.0 Å². The van der Waals surface area contributed by atoms with Crippen molar-refractivity contribution >= 4 is 11.5 Å². The van der Waals surface area contributed by atoms with Gasteiger partial charge in [-0.15, -0.1) is 0 Å². The van der Waals surface area contributed by atoms with Gasteiger partial charge in [0, 0.05) is 0 Å². The third-order valence-corrected chi connectivity index (χ3v) is 3.58. The van der Waals surface area contributed by atoms with Gasteiger partial charge in [0.25, 0.3) is 0 Å². The largest absolute Gasteiger partial charge is 0.497 e. The van der Waals surface area contributed by atoms with E-state index in [2.05, 4.69) is 0 Å². The SMILES string of the molecule is CCC(C(=O)O)C1=C(C)Cc2ccc(OC)cc21. The Morgan fingerprint density at radius 1 is 1.50 bits per heavy atom. The molecular formula is C15H18O3. The lowest BCUT2D eigenvalue weighted by molar-refractivity contribution is -0.139. The molecule has 3 nitrogen and oxygen atoms in total. The van der Waals surface area contributed by atoms with Crippen LogP contribution in [0, 0.1) is 5.92 Å². The molecule has 0 bridgehead atoms. The number of fused-ring (bicyclic) bond motifs is 1. The number of aliphatic carboxylic acids is 1. The monoisotopic (exact) mass is 246 g/mol. The molecule has 1 N–H and O–H groups in total. The van der Waals surface area contributed by atoms with Crippen LogP contribution in [0.2, 0.25) is 0 Å². The van der Waals surface area contributed by atoms with Crippen LogP contribution >= 0.6 is 0 Å². The molecule has 18 heavy (non-hydrogen) atoms. The summed E-state index contributed by atoms with van der Waals surface area (Å²) in [5.74, 6) is -0.387. The first-order chi connectivity index (χ1) is 8.58. The second kappa shape index (κ2) is 4.84. The molecule has 96 valence electrons. The number of carboxylic acids is 1. The molecule has 3 heteroatoms. The maximum Gasteiger partial charge on any atom is 0.310 e. The van der Waals surface area contributed by atoms with Gasteiger partial charge in [-0.05, 0) is 48.6 Å². The minimum atomic E-state index is -0.748. The predicted octanol–water partition coefficient (Wildman–Crippen LogP) is 3.14. The van der Waals surface area contributed by atoms with Crippen molar-refractivity contribution in [1.82, 2.24) is 0 Å². The van der Waals surface area contributed by atoms with Crippen LogP contribution in [0.3, 0.4) is 0 Å². The van der Waals surface area contributed by atoms with Crippen molar-refractivity contribution < 1.29 is 14.6 Å². The molecule has 0 aromatic heterocycles. The van der Waals surface area contributed by atoms with E-state index in [9.17, 15) is 9.90 Å². The number of carbonyl (C=O) groups is 1. The fourth-order valence-electron chi connectivity index (χ4n) is 2.69. The molecule has 0 saturated carbocycles. The summed E-state index contributed by atoms with van der Waals surface area (Å²) < 4.78 is 5.23. The number of hydrogen-bond acceptors (Lipinski definition) is 2. The summed E-state index contributed by atoms with van der Waals surface area (Å²) in [5, 5.41) is 9.34. The van der Waals surface area contributed by atoms with E-state index in [0.29, 0.717) is 6.42 Å². The molecule has 0 amide bonds. The quantitative estimate of drug-likeness (QED) is 0.887. The van der Waals surface area contributed by atoms with Gasteiger partial charge in [-0.1, -0.05) is 18.6 Å². The van der Waals surface area contributed by atoms with Gasteiger partial charge in [-0.2, -0.15) is 0 Å². The first kappa shape index (κ1) is 12.7. The summed E-state index contributed by atoms with van der Waals surface area (Å²) in [6.45, 7) is 3.94. The highest BCUT2D eigenvalue weighted by Crippen LogP contribution is 2.40. The van der Waals surface area contributed by atoms with E-state index in [-0.39, 0.29) is 0 Å². The Bertz CT molecular complexity index is 514. The van der Waals surface area contributed by atoms with Crippen LogP contribution in [0.5, 0.6) is 5.75 Å². The highest BCUT2D eigenvalue weighted by molar-refractivity contribution is 5.91. The summed E-state index contributed by atoms with van der Waals surface area (Å²) >= 11 is 0. The molecule has 1 atom stereocenters. The number of allylic oxidation sites excluding steroid dienone is 1. The van der Waals surface area contributed by atoms with Gasteiger partial charge in [-0.3, -0.25) is 4.79 Å². The van der Waals surface area contributed by atoms with Crippen molar-refractivity contribution in [1.29, 1.82) is 0 Å². The van der Waals surface area contributed by atoms with E-state index in [1.54, 1.807) is 7.11 Å². The molecule has 0 spiro atoms. The number of hydrogen-bond donors (Lipinski definition) is 1. The lowest BCUT2D eigenvalue weighted by Gasteiger charge is -2.15. The number of carboxylic acid groups (broad SMARTS) is 1. The van der Waals surface area contributed by atoms with E-state index in [4.69, 9.17) is 4.74 Å². The lowest BCUT2D eigenvalue weighted by atomic mass is 9.90. The molecule has 0 fully saturated rings. The van der Waals surface area contributed by atoms with Crippen molar-refractivity contribution in [2.24, 2.45) is 5.92 Å². The normalized spacial score (nSPS) is 15.5. The summed E-state index contributed by atoms with van der Waals surface area (Å²) in [6.07, 6.45) is 1.46. The van der Waals surface area contributed by atoms with Crippen LogP contribution in [0.1, 0.15) is 31.4 Å². The highest BCUT2D eigenvalue weighted by atomic mass is 16.5. The van der Waals surface area contributed by atoms with Gasteiger partial charge in [0.05, 0.1) is 13.0 Å². The first-order valence-electron chi connectivity index (χ1n) is 6.18. The van der Waals surface area contributed by atoms with Crippen LogP contribution in [0.25, 0.3) is 5.57 Å². The Balaban J connectivity index is 2.50. The maximum absolute atomic E-state index is 11.4. The second-order valence-corrected chi connectivity index (χ2v) is 4.69. The summed E-state index contributed by atoms with van der Waals surface area (Å²) in [6, 6.07) is 5.91. The number of ether oxygens (including phenoxy) is 1. The molecule has 1 unspecified atom stereocenters. The molecule has 0 heterocycles. The minimum absolute atomic E-state index is 0.418. The smallest absolute Gasteiger partial charge is 0.310 e. The number of benzene rings is 1. The molecule has 1 aromatic carbocycles. The van der Waals surface area contributed by atoms with Gasteiger partial charge < -0.3 is 9.84 Å². The molecule has 1 aliphatic carbocycles. The van der Waals surface area contributed by atoms with Crippen molar-refractivity contribution in [2.75, 3.05) is 7.11 Å². The fraction of sp³-hybridized carbons (Fsp3) is 0.400. The molecular weight excluding hydrogens is 228 g/mol. The predicted molar refractivity (Wildman–Crippen MR) is 70.7 cm³/mol. The zero-order valence-corrected chi connectivity index (χ0v) is 11.0. The summed E-state index contributed by atoms with van der Waals surface area (Å²) in [4.78, 5) is 11.4. The maximum atomic E-state index is 11.4. The molecule has 1 aliphatic rings. The molecule has 0 saturated heterocycles. The van der Waals surface area contributed by atoms with Crippen LogP contribution in [-0.2, 0) is 11.2 Å². The molecule has 1 aromatic rings. The minimum Gasteiger partial charge on any atom is -0.497 e. The Labute approximate surface area is 107 Å². The summed E-state index contributed by atoms with van der Waals surface area (Å²) in [5.41, 5.74) is 4.37. The fourth-order valence-corrected chi connectivity index (χ4v) is 2.69. The Kier molecular flexibility index (Phi) is 3.41. The molecule has 0 radical (unpaired) electrons. The van der Waals surface area contributed by atoms with Gasteiger partial charge >= 0.3 is 5.97 Å². The topological polar surface area (TPSA) is 46.5 Å². The third-order valence-electron chi connectivity index (χ3n) is 3.58. The third kappa shape index (κ3) is 2.01. The molecule has 2 rings (SSSR count). The average Bonchev–Trinajstić information content (AvgIpc) is 2.66. The zero-order valence-electron chi connectivity index (χ0n) is 11.0. The van der Waals surface area contributed by atoms with Gasteiger partial charge in [0.1, 0.15) is 5.75 Å². The van der Waals surface area contributed by atoms with Crippen molar-refractivity contribution in [3.63, 3.8) is 0 Å². The van der Waals surface area contributed by atoms with E-state index in [1.165, 1.54) is 5.56 Å². The lowest BCUT2D eigenvalue weighted by Crippen LogP contribution is -2.14. The van der Waals surface area contributed by atoms with Crippen molar-refractivity contribution in [3.8, 4) is 5.75 Å². The number of rotatable bonds is 4. The van der Waals surface area contributed by atoms with Crippen molar-refractivity contribution in [3.05, 3.63) is 34.9 Å². The average molecular weight is 246 g/mol. The standard InChI is InChI=1S/C15H18O3/c1-4-12(15(16)17)14-9(2)7-10-5-6-11(18-3)8-13(10)14/h5-6,8,12H,4,7H2,1-3H3,(H,16,17). The van der Waals surface area contributed by atoms with E-state index >= 15 is 0 Å². The van der Waals surface area contributed by atoms with E-state index < -0.39 is 11.9 Å². The highest BCUT2D eigenvalue weighted by Gasteiger charge is 2.29. The zero-order chi connectivity index (χ0) is 13.3. The van der Waals surface area contributed by atoms with Gasteiger partial charge in [0.15, 0.2) is 0 Å². The van der Waals surface area contributed by atoms with Crippen LogP contribution in [0.4, 0.5) is 0 Å². The number of methoxy groups -OCH3 is 1. The first-order valence-corrected chi connectivity index (χ1v) is 6.18. The van der Waals surface area contributed by atoms with E-state index in [0.717, 1.165) is 28.9 Å². The Morgan fingerprint density at radius 3 is 2.78 bits per heavy atom. The van der Waals surface area contributed by atoms with Crippen LogP contribution in [-0.4, -0.2) is 18.2 Å². The van der Waals surface area contributed by atoms with Crippen LogP contribution in [0.15, 0.2) is 23.8 Å². The van der Waals surface area contributed by atoms with Crippen LogP contribution < -0.4 is 4.74 Å². The van der Waals surface area contributed by atoms with Gasteiger partial charge in [0.2, 0.25) is 0 Å². The summed E-state index contributed by atoms with van der Waals surface area (Å²) in [7, 11) is 1.63. The second-order valence-electron chi connectivity index (χ2n) is 4.69. The Hall–Kier alpha value is -1.77. The Morgan fingerprint density at radius 2 is 2.22 bits per heavy atom. The van der Waals surface area contributed by atoms with Gasteiger partial charge in [-0.25, -0.2) is 0 Å². The molecule has 0 aliphatic heterocycles. The van der Waals surface area contributed by atoms with Crippen molar-refractivity contribution in [2.45, 2.75) is 26.7 Å².